The van der Waals surface area contributed by atoms with Gasteiger partial charge in [0.1, 0.15) is 0 Å². The van der Waals surface area contributed by atoms with E-state index in [1.165, 1.54) is 24.0 Å². The lowest BCUT2D eigenvalue weighted by atomic mass is 9.78. The number of carbonyl (C=O) groups is 1. The summed E-state index contributed by atoms with van der Waals surface area (Å²) >= 11 is 0. The smallest absolute Gasteiger partial charge is 0.163 e. The molecule has 1 aromatic rings. The van der Waals surface area contributed by atoms with E-state index in [1.54, 1.807) is 0 Å². The predicted molar refractivity (Wildman–Crippen MR) is 76.0 cm³/mol. The van der Waals surface area contributed by atoms with E-state index in [9.17, 15) is 4.79 Å². The van der Waals surface area contributed by atoms with Crippen LogP contribution < -0.4 is 0 Å². The molecule has 0 fully saturated rings. The molecule has 0 N–H and O–H groups in total. The Morgan fingerprint density at radius 2 is 1.89 bits per heavy atom. The van der Waals surface area contributed by atoms with Gasteiger partial charge in [-0.3, -0.25) is 4.79 Å². The minimum Gasteiger partial charge on any atom is -0.294 e. The van der Waals surface area contributed by atoms with Crippen molar-refractivity contribution in [2.24, 2.45) is 11.3 Å². The van der Waals surface area contributed by atoms with E-state index in [2.05, 4.69) is 39.8 Å². The Bertz CT molecular complexity index is 451. The maximum absolute atomic E-state index is 12.3. The first-order chi connectivity index (χ1) is 8.38. The van der Waals surface area contributed by atoms with Gasteiger partial charge < -0.3 is 0 Å². The molecular weight excluding hydrogens is 220 g/mol. The summed E-state index contributed by atoms with van der Waals surface area (Å²) in [6, 6.07) is 6.29. The molecule has 2 rings (SSSR count). The van der Waals surface area contributed by atoms with Crippen molar-refractivity contribution in [3.05, 3.63) is 34.9 Å². The summed E-state index contributed by atoms with van der Waals surface area (Å²) in [6.07, 6.45) is 4.22. The minimum atomic E-state index is 0.201. The van der Waals surface area contributed by atoms with Gasteiger partial charge in [0.15, 0.2) is 5.78 Å². The Morgan fingerprint density at radius 3 is 2.56 bits per heavy atom. The van der Waals surface area contributed by atoms with E-state index in [4.69, 9.17) is 0 Å². The zero-order valence-corrected chi connectivity index (χ0v) is 12.0. The van der Waals surface area contributed by atoms with Crippen molar-refractivity contribution in [1.29, 1.82) is 0 Å². The standard InChI is InChI=1S/C17H24O/c1-12(17(2,3)4)10-16(18)15-9-8-13-6-5-7-14(13)11-15/h8-9,11-12H,5-7,10H2,1-4H3. The van der Waals surface area contributed by atoms with Gasteiger partial charge in [0, 0.05) is 12.0 Å². The number of fused-ring (bicyclic) bond motifs is 1. The Balaban J connectivity index is 2.10. The van der Waals surface area contributed by atoms with Gasteiger partial charge in [0.25, 0.3) is 0 Å². The van der Waals surface area contributed by atoms with Gasteiger partial charge in [-0.15, -0.1) is 0 Å². The van der Waals surface area contributed by atoms with E-state index >= 15 is 0 Å². The molecule has 0 radical (unpaired) electrons. The molecule has 0 saturated heterocycles. The van der Waals surface area contributed by atoms with Crippen LogP contribution in [0.1, 0.15) is 62.0 Å². The van der Waals surface area contributed by atoms with Crippen LogP contribution in [0.4, 0.5) is 0 Å². The highest BCUT2D eigenvalue weighted by Crippen LogP contribution is 2.30. The molecule has 0 heterocycles. The summed E-state index contributed by atoms with van der Waals surface area (Å²) in [5.41, 5.74) is 3.94. The molecule has 98 valence electrons. The van der Waals surface area contributed by atoms with Gasteiger partial charge in [-0.1, -0.05) is 39.8 Å². The second-order valence-corrected chi connectivity index (χ2v) is 6.73. The molecule has 0 aromatic heterocycles. The third kappa shape index (κ3) is 2.82. The van der Waals surface area contributed by atoms with E-state index in [0.717, 1.165) is 12.0 Å². The largest absolute Gasteiger partial charge is 0.294 e. The van der Waals surface area contributed by atoms with Crippen LogP contribution in [0.3, 0.4) is 0 Å². The summed E-state index contributed by atoms with van der Waals surface area (Å²) in [5.74, 6) is 0.713. The number of rotatable bonds is 3. The van der Waals surface area contributed by atoms with Gasteiger partial charge in [-0.05, 0) is 47.8 Å². The first-order valence-corrected chi connectivity index (χ1v) is 7.03. The van der Waals surface area contributed by atoms with Crippen LogP contribution in [-0.4, -0.2) is 5.78 Å². The fraction of sp³-hybridized carbons (Fsp3) is 0.588. The molecule has 1 aliphatic carbocycles. The predicted octanol–water partition coefficient (Wildman–Crippen LogP) is 4.43. The van der Waals surface area contributed by atoms with E-state index in [-0.39, 0.29) is 5.41 Å². The highest BCUT2D eigenvalue weighted by atomic mass is 16.1. The third-order valence-electron chi connectivity index (χ3n) is 4.39. The topological polar surface area (TPSA) is 17.1 Å². The van der Waals surface area contributed by atoms with E-state index in [0.29, 0.717) is 18.1 Å². The molecule has 0 aliphatic heterocycles. The number of Topliss-reactive ketones (excluding diaryl/α,β-unsaturated/α-hetero) is 1. The molecule has 1 aromatic carbocycles. The summed E-state index contributed by atoms with van der Waals surface area (Å²) in [6.45, 7) is 8.78. The van der Waals surface area contributed by atoms with Crippen LogP contribution in [0.5, 0.6) is 0 Å². The summed E-state index contributed by atoms with van der Waals surface area (Å²) < 4.78 is 0. The number of carbonyl (C=O) groups excluding carboxylic acids is 1. The number of ketones is 1. The Hall–Kier alpha value is -1.11. The van der Waals surface area contributed by atoms with Gasteiger partial charge in [0.2, 0.25) is 0 Å². The molecule has 1 nitrogen and oxygen atoms in total. The molecule has 0 amide bonds. The maximum Gasteiger partial charge on any atom is 0.163 e. The van der Waals surface area contributed by atoms with Gasteiger partial charge in [-0.25, -0.2) is 0 Å². The van der Waals surface area contributed by atoms with Crippen molar-refractivity contribution in [1.82, 2.24) is 0 Å². The fourth-order valence-corrected chi connectivity index (χ4v) is 2.45. The first-order valence-electron chi connectivity index (χ1n) is 7.03. The van der Waals surface area contributed by atoms with Crippen LogP contribution >= 0.6 is 0 Å². The number of benzene rings is 1. The molecule has 1 aliphatic rings. The number of hydrogen-bond donors (Lipinski definition) is 0. The lowest BCUT2D eigenvalue weighted by Gasteiger charge is -2.26. The quantitative estimate of drug-likeness (QED) is 0.719. The normalized spacial score (nSPS) is 16.4. The van der Waals surface area contributed by atoms with Crippen molar-refractivity contribution in [3.8, 4) is 0 Å². The Morgan fingerprint density at radius 1 is 1.22 bits per heavy atom. The van der Waals surface area contributed by atoms with Crippen molar-refractivity contribution in [2.75, 3.05) is 0 Å². The Kier molecular flexibility index (Phi) is 3.61. The van der Waals surface area contributed by atoms with Crippen LogP contribution in [0.25, 0.3) is 0 Å². The van der Waals surface area contributed by atoms with Crippen LogP contribution in [0.15, 0.2) is 18.2 Å². The fourth-order valence-electron chi connectivity index (χ4n) is 2.45. The molecule has 18 heavy (non-hydrogen) atoms. The van der Waals surface area contributed by atoms with Crippen molar-refractivity contribution >= 4 is 5.78 Å². The SMILES string of the molecule is CC(CC(=O)c1ccc2c(c1)CCC2)C(C)(C)C. The first kappa shape index (κ1) is 13.3. The van der Waals surface area contributed by atoms with Crippen molar-refractivity contribution in [3.63, 3.8) is 0 Å². The van der Waals surface area contributed by atoms with E-state index < -0.39 is 0 Å². The average molecular weight is 244 g/mol. The van der Waals surface area contributed by atoms with Crippen molar-refractivity contribution in [2.45, 2.75) is 53.4 Å². The summed E-state index contributed by atoms with van der Waals surface area (Å²) in [7, 11) is 0. The van der Waals surface area contributed by atoms with Gasteiger partial charge in [0.05, 0.1) is 0 Å². The molecule has 1 unspecified atom stereocenters. The lowest BCUT2D eigenvalue weighted by Crippen LogP contribution is -2.20. The molecule has 1 atom stereocenters. The second-order valence-electron chi connectivity index (χ2n) is 6.73. The number of hydrogen-bond acceptors (Lipinski definition) is 1. The summed E-state index contributed by atoms with van der Waals surface area (Å²) in [5, 5.41) is 0. The molecular formula is C17H24O. The highest BCUT2D eigenvalue weighted by molar-refractivity contribution is 5.96. The minimum absolute atomic E-state index is 0.201. The second kappa shape index (κ2) is 4.87. The van der Waals surface area contributed by atoms with E-state index in [1.807, 2.05) is 6.07 Å². The highest BCUT2D eigenvalue weighted by Gasteiger charge is 2.23. The van der Waals surface area contributed by atoms with Crippen LogP contribution in [0, 0.1) is 11.3 Å². The molecule has 0 saturated carbocycles. The molecule has 0 spiro atoms. The van der Waals surface area contributed by atoms with Crippen LogP contribution in [0.2, 0.25) is 0 Å². The van der Waals surface area contributed by atoms with Gasteiger partial charge >= 0.3 is 0 Å². The number of aryl methyl sites for hydroxylation is 2. The lowest BCUT2D eigenvalue weighted by molar-refractivity contribution is 0.0927. The zero-order chi connectivity index (χ0) is 13.3. The molecule has 1 heteroatoms. The summed E-state index contributed by atoms with van der Waals surface area (Å²) in [4.78, 5) is 12.3. The van der Waals surface area contributed by atoms with Gasteiger partial charge in [-0.2, -0.15) is 0 Å². The third-order valence-corrected chi connectivity index (χ3v) is 4.39. The van der Waals surface area contributed by atoms with Crippen molar-refractivity contribution < 1.29 is 4.79 Å². The Labute approximate surface area is 111 Å². The van der Waals surface area contributed by atoms with Crippen LogP contribution in [-0.2, 0) is 12.8 Å². The maximum atomic E-state index is 12.3. The monoisotopic (exact) mass is 244 g/mol. The zero-order valence-electron chi connectivity index (χ0n) is 12.0. The average Bonchev–Trinajstić information content (AvgIpc) is 2.74. The molecule has 0 bridgehead atoms.